The van der Waals surface area contributed by atoms with Gasteiger partial charge in [0.1, 0.15) is 11.2 Å². The summed E-state index contributed by atoms with van der Waals surface area (Å²) in [5, 5.41) is 0. The summed E-state index contributed by atoms with van der Waals surface area (Å²) in [6.07, 6.45) is -0.907. The van der Waals surface area contributed by atoms with Crippen LogP contribution in [0.3, 0.4) is 0 Å². The van der Waals surface area contributed by atoms with E-state index in [0.717, 1.165) is 11.1 Å². The minimum atomic E-state index is -0.643. The molecule has 8 nitrogen and oxygen atoms in total. The van der Waals surface area contributed by atoms with Crippen molar-refractivity contribution in [3.05, 3.63) is 71.8 Å². The summed E-state index contributed by atoms with van der Waals surface area (Å²) in [5.74, 6) is 0. The van der Waals surface area contributed by atoms with Crippen LogP contribution in [0.1, 0.15) is 52.7 Å². The predicted molar refractivity (Wildman–Crippen MR) is 148 cm³/mol. The Morgan fingerprint density at radius 3 is 1.24 bits per heavy atom. The van der Waals surface area contributed by atoms with Crippen LogP contribution in [0.25, 0.3) is 0 Å². The standard InChI is InChI=1S/C30H44N2O6/c1-29(2,3)37-27(33)31(19-21-35-23-25-13-9-7-10-14-25)17-18-32(28(34)38-30(4,5)6)20-22-36-24-26-15-11-8-12-16-26/h7-16H,17-24H2,1-6H3. The van der Waals surface area contributed by atoms with E-state index in [9.17, 15) is 9.59 Å². The summed E-state index contributed by atoms with van der Waals surface area (Å²) in [6, 6.07) is 19.7. The molecule has 0 N–H and O–H groups in total. The smallest absolute Gasteiger partial charge is 0.410 e. The van der Waals surface area contributed by atoms with Gasteiger partial charge in [0.05, 0.1) is 26.4 Å². The molecule has 2 aromatic carbocycles. The highest BCUT2D eigenvalue weighted by Crippen LogP contribution is 2.13. The minimum Gasteiger partial charge on any atom is -0.444 e. The minimum absolute atomic E-state index is 0.265. The van der Waals surface area contributed by atoms with Crippen LogP contribution < -0.4 is 0 Å². The highest BCUT2D eigenvalue weighted by atomic mass is 16.6. The van der Waals surface area contributed by atoms with E-state index in [1.54, 1.807) is 9.80 Å². The van der Waals surface area contributed by atoms with Crippen LogP contribution in [-0.2, 0) is 32.2 Å². The van der Waals surface area contributed by atoms with Gasteiger partial charge in [0, 0.05) is 26.2 Å². The molecule has 210 valence electrons. The molecule has 0 unspecified atom stereocenters. The van der Waals surface area contributed by atoms with Gasteiger partial charge in [-0.2, -0.15) is 0 Å². The van der Waals surface area contributed by atoms with E-state index < -0.39 is 23.4 Å². The molecule has 8 heteroatoms. The van der Waals surface area contributed by atoms with E-state index in [2.05, 4.69) is 0 Å². The van der Waals surface area contributed by atoms with Crippen LogP contribution in [0.15, 0.2) is 60.7 Å². The SMILES string of the molecule is CC(C)(C)OC(=O)N(CCOCc1ccccc1)CCN(CCOCc1ccccc1)C(=O)OC(C)(C)C. The van der Waals surface area contributed by atoms with Gasteiger partial charge in [-0.25, -0.2) is 9.59 Å². The molecular weight excluding hydrogens is 484 g/mol. The monoisotopic (exact) mass is 528 g/mol. The second kappa shape index (κ2) is 15.3. The Morgan fingerprint density at radius 2 is 0.921 bits per heavy atom. The van der Waals surface area contributed by atoms with Gasteiger partial charge in [0.2, 0.25) is 0 Å². The molecule has 38 heavy (non-hydrogen) atoms. The second-order valence-electron chi connectivity index (χ2n) is 11.0. The predicted octanol–water partition coefficient (Wildman–Crippen LogP) is 5.89. The van der Waals surface area contributed by atoms with E-state index >= 15 is 0 Å². The molecule has 0 heterocycles. The molecule has 0 aliphatic heterocycles. The van der Waals surface area contributed by atoms with Crippen molar-refractivity contribution in [3.63, 3.8) is 0 Å². The third kappa shape index (κ3) is 13.4. The molecular formula is C30H44N2O6. The number of nitrogens with zero attached hydrogens (tertiary/aromatic N) is 2. The number of hydrogen-bond acceptors (Lipinski definition) is 6. The number of amides is 2. The number of carbonyl (C=O) groups excluding carboxylic acids is 2. The zero-order valence-electron chi connectivity index (χ0n) is 23.8. The highest BCUT2D eigenvalue weighted by Gasteiger charge is 2.26. The van der Waals surface area contributed by atoms with Crippen molar-refractivity contribution in [3.8, 4) is 0 Å². The number of hydrogen-bond donors (Lipinski definition) is 0. The Balaban J connectivity index is 1.97. The molecule has 2 aromatic rings. The van der Waals surface area contributed by atoms with E-state index in [1.807, 2.05) is 102 Å². The van der Waals surface area contributed by atoms with Crippen LogP contribution in [0.2, 0.25) is 0 Å². The molecule has 0 fully saturated rings. The molecule has 0 bridgehead atoms. The number of rotatable bonds is 13. The summed E-state index contributed by atoms with van der Waals surface area (Å²) in [5.41, 5.74) is 0.832. The van der Waals surface area contributed by atoms with E-state index in [-0.39, 0.29) is 13.1 Å². The average molecular weight is 529 g/mol. The fourth-order valence-corrected chi connectivity index (χ4v) is 3.36. The van der Waals surface area contributed by atoms with E-state index in [4.69, 9.17) is 18.9 Å². The largest absolute Gasteiger partial charge is 0.444 e. The normalized spacial score (nSPS) is 11.6. The fourth-order valence-electron chi connectivity index (χ4n) is 3.36. The number of ether oxygens (including phenoxy) is 4. The number of carbonyl (C=O) groups is 2. The van der Waals surface area contributed by atoms with Crippen LogP contribution >= 0.6 is 0 Å². The average Bonchev–Trinajstić information content (AvgIpc) is 2.83. The second-order valence-corrected chi connectivity index (χ2v) is 11.0. The third-order valence-electron chi connectivity index (χ3n) is 5.18. The molecule has 2 rings (SSSR count). The molecule has 0 spiro atoms. The lowest BCUT2D eigenvalue weighted by atomic mass is 10.2. The Bertz CT molecular complexity index is 875. The van der Waals surface area contributed by atoms with Crippen molar-refractivity contribution in [2.24, 2.45) is 0 Å². The first-order valence-corrected chi connectivity index (χ1v) is 13.1. The van der Waals surface area contributed by atoms with Crippen LogP contribution in [-0.4, -0.2) is 72.6 Å². The van der Waals surface area contributed by atoms with Gasteiger partial charge in [0.15, 0.2) is 0 Å². The van der Waals surface area contributed by atoms with Gasteiger partial charge >= 0.3 is 12.2 Å². The van der Waals surface area contributed by atoms with Crippen LogP contribution in [0.5, 0.6) is 0 Å². The van der Waals surface area contributed by atoms with Gasteiger partial charge in [-0.05, 0) is 52.7 Å². The maximum absolute atomic E-state index is 12.9. The Morgan fingerprint density at radius 1 is 0.579 bits per heavy atom. The Labute approximate surface area is 227 Å². The van der Waals surface area contributed by atoms with E-state index in [0.29, 0.717) is 39.5 Å². The van der Waals surface area contributed by atoms with Gasteiger partial charge < -0.3 is 28.7 Å². The molecule has 0 atom stereocenters. The van der Waals surface area contributed by atoms with Gasteiger partial charge in [-0.3, -0.25) is 0 Å². The molecule has 0 aliphatic carbocycles. The van der Waals surface area contributed by atoms with Crippen molar-refractivity contribution < 1.29 is 28.5 Å². The molecule has 0 saturated heterocycles. The maximum atomic E-state index is 12.9. The third-order valence-corrected chi connectivity index (χ3v) is 5.18. The first-order valence-electron chi connectivity index (χ1n) is 13.1. The molecule has 0 saturated carbocycles. The lowest BCUT2D eigenvalue weighted by Gasteiger charge is -2.31. The maximum Gasteiger partial charge on any atom is 0.410 e. The van der Waals surface area contributed by atoms with Crippen LogP contribution in [0.4, 0.5) is 9.59 Å². The fraction of sp³-hybridized carbons (Fsp3) is 0.533. The van der Waals surface area contributed by atoms with Gasteiger partial charge in [-0.15, -0.1) is 0 Å². The Kier molecular flexibility index (Phi) is 12.6. The van der Waals surface area contributed by atoms with Crippen molar-refractivity contribution in [1.82, 2.24) is 9.80 Å². The first-order chi connectivity index (χ1) is 17.9. The van der Waals surface area contributed by atoms with Crippen molar-refractivity contribution >= 4 is 12.2 Å². The zero-order valence-corrected chi connectivity index (χ0v) is 23.8. The van der Waals surface area contributed by atoms with Gasteiger partial charge in [0.25, 0.3) is 0 Å². The quantitative estimate of drug-likeness (QED) is 0.302. The summed E-state index contributed by atoms with van der Waals surface area (Å²) >= 11 is 0. The first kappa shape index (κ1) is 31.1. The molecule has 0 aliphatic rings. The summed E-state index contributed by atoms with van der Waals surface area (Å²) in [7, 11) is 0. The van der Waals surface area contributed by atoms with Crippen molar-refractivity contribution in [1.29, 1.82) is 0 Å². The molecule has 2 amide bonds. The summed E-state index contributed by atoms with van der Waals surface area (Å²) < 4.78 is 22.8. The lowest BCUT2D eigenvalue weighted by molar-refractivity contribution is 0.00371. The summed E-state index contributed by atoms with van der Waals surface area (Å²) in [4.78, 5) is 29.0. The lowest BCUT2D eigenvalue weighted by Crippen LogP contribution is -2.46. The van der Waals surface area contributed by atoms with Crippen LogP contribution in [0, 0.1) is 0 Å². The van der Waals surface area contributed by atoms with Crippen molar-refractivity contribution in [2.75, 3.05) is 39.4 Å². The van der Waals surface area contributed by atoms with Crippen molar-refractivity contribution in [2.45, 2.75) is 66.0 Å². The van der Waals surface area contributed by atoms with Gasteiger partial charge in [-0.1, -0.05) is 60.7 Å². The number of benzene rings is 2. The summed E-state index contributed by atoms with van der Waals surface area (Å²) in [6.45, 7) is 13.7. The molecule has 0 aromatic heterocycles. The molecule has 0 radical (unpaired) electrons. The topological polar surface area (TPSA) is 77.5 Å². The zero-order chi connectivity index (χ0) is 28.0. The Hall–Kier alpha value is -3.10. The highest BCUT2D eigenvalue weighted by molar-refractivity contribution is 5.69. The van der Waals surface area contributed by atoms with E-state index in [1.165, 1.54) is 0 Å².